The highest BCUT2D eigenvalue weighted by Gasteiger charge is 2.49. The fourth-order valence-electron chi connectivity index (χ4n) is 1.49. The number of H-pyrrole nitrogens is 1. The zero-order chi connectivity index (χ0) is 10.2. The van der Waals surface area contributed by atoms with Gasteiger partial charge in [0.05, 0.1) is 0 Å². The number of phosphoric ester groups is 1. The number of hydrogen-bond acceptors (Lipinski definition) is 7. The number of rotatable bonds is 0. The van der Waals surface area contributed by atoms with E-state index in [-0.39, 0.29) is 16.7 Å². The highest BCUT2D eigenvalue weighted by Crippen LogP contribution is 2.56. The zero-order valence-corrected chi connectivity index (χ0v) is 8.54. The summed E-state index contributed by atoms with van der Waals surface area (Å²) in [4.78, 5) is 10.6. The van der Waals surface area contributed by atoms with E-state index in [1.807, 2.05) is 0 Å². The van der Waals surface area contributed by atoms with Gasteiger partial charge in [0, 0.05) is 0 Å². The van der Waals surface area contributed by atoms with Crippen LogP contribution >= 0.6 is 20.0 Å². The molecule has 8 nitrogen and oxygen atoms in total. The summed E-state index contributed by atoms with van der Waals surface area (Å²) < 4.78 is 27.9. The molecule has 10 heteroatoms. The van der Waals surface area contributed by atoms with Crippen molar-refractivity contribution in [3.8, 4) is 11.9 Å². The molecule has 4 rings (SSSR count). The lowest BCUT2D eigenvalue weighted by atomic mass is 10.5. The fourth-order valence-corrected chi connectivity index (χ4v) is 2.78. The summed E-state index contributed by atoms with van der Waals surface area (Å²) in [5, 5.41) is 0. The number of nitrogens with zero attached hydrogens (tertiary/aromatic N) is 3. The average molecular weight is 244 g/mol. The van der Waals surface area contributed by atoms with Crippen LogP contribution in [0, 0.1) is 4.77 Å². The van der Waals surface area contributed by atoms with Crippen molar-refractivity contribution in [1.29, 1.82) is 0 Å². The molecule has 76 valence electrons. The van der Waals surface area contributed by atoms with E-state index in [4.69, 9.17) is 25.9 Å². The van der Waals surface area contributed by atoms with E-state index in [0.29, 0.717) is 11.2 Å². The lowest BCUT2D eigenvalue weighted by molar-refractivity contribution is 0.237. The van der Waals surface area contributed by atoms with Gasteiger partial charge in [-0.05, 0) is 12.2 Å². The molecule has 0 fully saturated rings. The predicted octanol–water partition coefficient (Wildman–Crippen LogP) is 0.810. The minimum Gasteiger partial charge on any atom is -0.364 e. The number of fused-ring (bicyclic) bond motifs is 1. The maximum Gasteiger partial charge on any atom is 0.670 e. The Morgan fingerprint density at radius 2 is 2.27 bits per heavy atom. The molecular formula is C5HN4O4PS. The maximum absolute atomic E-state index is 11.7. The van der Waals surface area contributed by atoms with E-state index in [2.05, 4.69) is 15.0 Å². The van der Waals surface area contributed by atoms with Gasteiger partial charge in [0.1, 0.15) is 0 Å². The van der Waals surface area contributed by atoms with Gasteiger partial charge < -0.3 is 14.0 Å². The summed E-state index contributed by atoms with van der Waals surface area (Å²) >= 11 is 4.85. The largest absolute Gasteiger partial charge is 0.670 e. The molecule has 1 atom stereocenters. The van der Waals surface area contributed by atoms with Gasteiger partial charge in [-0.25, -0.2) is 0 Å². The average Bonchev–Trinajstić information content (AvgIpc) is 2.53. The van der Waals surface area contributed by atoms with Gasteiger partial charge in [0.25, 0.3) is 5.88 Å². The second-order valence-corrected chi connectivity index (χ2v) is 4.75. The van der Waals surface area contributed by atoms with E-state index < -0.39 is 7.82 Å². The number of aromatic amines is 1. The van der Waals surface area contributed by atoms with Crippen LogP contribution in [0.3, 0.4) is 0 Å². The Morgan fingerprint density at radius 1 is 1.40 bits per heavy atom. The molecule has 1 unspecified atom stereocenters. The quantitative estimate of drug-likeness (QED) is 0.541. The van der Waals surface area contributed by atoms with Gasteiger partial charge in [-0.15, -0.1) is 4.73 Å². The molecule has 2 aromatic rings. The third kappa shape index (κ3) is 0.783. The number of hydrogen-bond donors (Lipinski definition) is 1. The number of nitrogens with one attached hydrogen (secondary N) is 1. The van der Waals surface area contributed by atoms with Gasteiger partial charge in [0.2, 0.25) is 4.77 Å². The Kier molecular flexibility index (Phi) is 1.02. The lowest BCUT2D eigenvalue weighted by Crippen LogP contribution is -2.13. The minimum absolute atomic E-state index is 0.0748. The summed E-state index contributed by atoms with van der Waals surface area (Å²) in [6, 6.07) is 0.0748. The van der Waals surface area contributed by atoms with Crippen LogP contribution in [0.1, 0.15) is 0 Å². The highest BCUT2D eigenvalue weighted by molar-refractivity contribution is 7.71. The molecule has 0 spiro atoms. The van der Waals surface area contributed by atoms with Crippen molar-refractivity contribution < 1.29 is 18.2 Å². The maximum atomic E-state index is 11.7. The van der Waals surface area contributed by atoms with Crippen LogP contribution < -0.4 is 13.7 Å². The predicted molar refractivity (Wildman–Crippen MR) is 48.2 cm³/mol. The highest BCUT2D eigenvalue weighted by atomic mass is 32.1. The van der Waals surface area contributed by atoms with Gasteiger partial charge in [-0.2, -0.15) is 14.5 Å². The van der Waals surface area contributed by atoms with E-state index in [0.717, 1.165) is 0 Å². The summed E-state index contributed by atoms with van der Waals surface area (Å²) in [6.07, 6.45) is 0. The third-order valence-corrected chi connectivity index (χ3v) is 3.35. The van der Waals surface area contributed by atoms with Gasteiger partial charge in [-0.3, -0.25) is 4.62 Å². The molecule has 0 saturated carbocycles. The first kappa shape index (κ1) is 7.66. The van der Waals surface area contributed by atoms with E-state index in [1.54, 1.807) is 0 Å². The van der Waals surface area contributed by atoms with Gasteiger partial charge in [0.15, 0.2) is 11.2 Å². The SMILES string of the molecule is O=P12Oc3nc(=S)[nH]c4nc(n(c34)O1)O2. The number of imidazole rings is 1. The van der Waals surface area contributed by atoms with Gasteiger partial charge in [-0.1, -0.05) is 0 Å². The van der Waals surface area contributed by atoms with E-state index in [9.17, 15) is 4.57 Å². The number of aromatic nitrogens is 4. The fraction of sp³-hybridized carbons (Fsp3) is 0. The first-order valence-corrected chi connectivity index (χ1v) is 5.74. The second kappa shape index (κ2) is 2.00. The molecule has 1 N–H and O–H groups in total. The summed E-state index contributed by atoms with van der Waals surface area (Å²) in [5.74, 6) is 0.111. The monoisotopic (exact) mass is 244 g/mol. The molecule has 2 aliphatic heterocycles. The molecule has 2 aliphatic rings. The molecule has 0 aliphatic carbocycles. The van der Waals surface area contributed by atoms with Crippen LogP contribution in [-0.4, -0.2) is 19.7 Å². The number of phosphoric acid groups is 1. The molecule has 0 aromatic carbocycles. The van der Waals surface area contributed by atoms with Crippen LogP contribution in [0.5, 0.6) is 11.9 Å². The third-order valence-electron chi connectivity index (χ3n) is 2.01. The Balaban J connectivity index is 2.30. The van der Waals surface area contributed by atoms with Crippen molar-refractivity contribution in [3.63, 3.8) is 0 Å². The molecule has 2 aromatic heterocycles. The second-order valence-electron chi connectivity index (χ2n) is 2.94. The van der Waals surface area contributed by atoms with Crippen LogP contribution in [0.2, 0.25) is 0 Å². The molecular weight excluding hydrogens is 243 g/mol. The smallest absolute Gasteiger partial charge is 0.364 e. The molecule has 4 heterocycles. The zero-order valence-electron chi connectivity index (χ0n) is 6.83. The normalized spacial score (nSPS) is 25.1. The van der Waals surface area contributed by atoms with Crippen LogP contribution in [0.4, 0.5) is 0 Å². The Hall–Kier alpha value is -1.60. The van der Waals surface area contributed by atoms with Crippen molar-refractivity contribution >= 4 is 31.2 Å². The summed E-state index contributed by atoms with van der Waals surface area (Å²) in [6.45, 7) is 0. The lowest BCUT2D eigenvalue weighted by Gasteiger charge is -2.14. The Morgan fingerprint density at radius 3 is 3.13 bits per heavy atom. The van der Waals surface area contributed by atoms with Gasteiger partial charge >= 0.3 is 13.8 Å². The first-order valence-electron chi connectivity index (χ1n) is 3.87. The van der Waals surface area contributed by atoms with E-state index >= 15 is 0 Å². The van der Waals surface area contributed by atoms with Crippen molar-refractivity contribution in [2.24, 2.45) is 0 Å². The van der Waals surface area contributed by atoms with Crippen molar-refractivity contribution in [3.05, 3.63) is 4.77 Å². The minimum atomic E-state index is -3.61. The molecule has 0 radical (unpaired) electrons. The van der Waals surface area contributed by atoms with Crippen molar-refractivity contribution in [2.75, 3.05) is 0 Å². The molecule has 0 saturated heterocycles. The Labute approximate surface area is 86.4 Å². The standard InChI is InChI=1S/C5HN4O4PS/c10-14-11-3-1-2(6-4(15)8-3)7-5(12-14)9(1)13-14/h(H,6,8,15). The summed E-state index contributed by atoms with van der Waals surface area (Å²) in [5.41, 5.74) is 0.855. The van der Waals surface area contributed by atoms with Crippen LogP contribution in [-0.2, 0) is 4.57 Å². The van der Waals surface area contributed by atoms with Crippen molar-refractivity contribution in [1.82, 2.24) is 19.7 Å². The van der Waals surface area contributed by atoms with Crippen LogP contribution in [0.25, 0.3) is 11.2 Å². The topological polar surface area (TPSA) is 91.3 Å². The van der Waals surface area contributed by atoms with Crippen LogP contribution in [0.15, 0.2) is 0 Å². The molecule has 15 heavy (non-hydrogen) atoms. The van der Waals surface area contributed by atoms with E-state index in [1.165, 1.54) is 4.73 Å². The first-order chi connectivity index (χ1) is 7.15. The molecule has 0 amide bonds. The summed E-state index contributed by atoms with van der Waals surface area (Å²) in [7, 11) is -3.61. The Bertz CT molecular complexity index is 720. The van der Waals surface area contributed by atoms with Crippen molar-refractivity contribution in [2.45, 2.75) is 0 Å². The molecule has 2 bridgehead atoms.